The molecule has 1 aliphatic heterocycles. The van der Waals surface area contributed by atoms with Gasteiger partial charge in [-0.05, 0) is 38.0 Å². The van der Waals surface area contributed by atoms with Gasteiger partial charge in [0.1, 0.15) is 0 Å². The maximum absolute atomic E-state index is 12.4. The van der Waals surface area contributed by atoms with Crippen molar-refractivity contribution >= 4 is 11.9 Å². The van der Waals surface area contributed by atoms with Crippen LogP contribution in [0.15, 0.2) is 12.2 Å². The third-order valence-corrected chi connectivity index (χ3v) is 4.76. The van der Waals surface area contributed by atoms with Gasteiger partial charge in [0.15, 0.2) is 5.41 Å². The van der Waals surface area contributed by atoms with Gasteiger partial charge >= 0.3 is 5.97 Å². The second kappa shape index (κ2) is 5.20. The van der Waals surface area contributed by atoms with E-state index in [1.54, 1.807) is 12.2 Å². The largest absolute Gasteiger partial charge is 0.480 e. The Morgan fingerprint density at radius 2 is 1.95 bits per heavy atom. The number of carboxylic acids is 1. The summed E-state index contributed by atoms with van der Waals surface area (Å²) in [6.45, 7) is 3.02. The third-order valence-electron chi connectivity index (χ3n) is 4.76. The molecule has 20 heavy (non-hydrogen) atoms. The molecule has 0 aromatic rings. The molecule has 5 nitrogen and oxygen atoms in total. The number of nitrogens with one attached hydrogen (secondary N) is 1. The van der Waals surface area contributed by atoms with Crippen LogP contribution in [0.3, 0.4) is 0 Å². The maximum Gasteiger partial charge on any atom is 0.319 e. The topological polar surface area (TPSA) is 69.6 Å². The molecule has 1 saturated heterocycles. The SMILES string of the molecule is O=C(O)C1(C(=O)NC2CCN(CC3CC3)C2)CC=CC1. The van der Waals surface area contributed by atoms with Gasteiger partial charge in [0.05, 0.1) is 0 Å². The zero-order valence-electron chi connectivity index (χ0n) is 11.7. The van der Waals surface area contributed by atoms with Gasteiger partial charge in [0.25, 0.3) is 0 Å². The van der Waals surface area contributed by atoms with Gasteiger partial charge in [-0.1, -0.05) is 12.2 Å². The van der Waals surface area contributed by atoms with Gasteiger partial charge in [-0.3, -0.25) is 9.59 Å². The van der Waals surface area contributed by atoms with E-state index in [0.717, 1.165) is 32.0 Å². The lowest BCUT2D eigenvalue weighted by atomic mass is 9.84. The maximum atomic E-state index is 12.4. The lowest BCUT2D eigenvalue weighted by Gasteiger charge is -2.25. The molecule has 0 aromatic carbocycles. The molecular formula is C15H22N2O3. The van der Waals surface area contributed by atoms with Crippen LogP contribution in [-0.4, -0.2) is 47.6 Å². The molecule has 1 heterocycles. The Morgan fingerprint density at radius 1 is 1.25 bits per heavy atom. The number of likely N-dealkylation sites (tertiary alicyclic amines) is 1. The van der Waals surface area contributed by atoms with Crippen LogP contribution in [0.4, 0.5) is 0 Å². The second-order valence-electron chi connectivity index (χ2n) is 6.43. The summed E-state index contributed by atoms with van der Waals surface area (Å²) in [5.41, 5.74) is -1.26. The van der Waals surface area contributed by atoms with Crippen molar-refractivity contribution in [2.75, 3.05) is 19.6 Å². The molecule has 1 amide bonds. The smallest absolute Gasteiger partial charge is 0.319 e. The number of carbonyl (C=O) groups excluding carboxylic acids is 1. The van der Waals surface area contributed by atoms with Crippen LogP contribution < -0.4 is 5.32 Å². The van der Waals surface area contributed by atoms with Crippen molar-refractivity contribution in [3.8, 4) is 0 Å². The molecule has 1 unspecified atom stereocenters. The average molecular weight is 278 g/mol. The molecular weight excluding hydrogens is 256 g/mol. The van der Waals surface area contributed by atoms with Crippen molar-refractivity contribution in [3.63, 3.8) is 0 Å². The zero-order valence-corrected chi connectivity index (χ0v) is 11.7. The summed E-state index contributed by atoms with van der Waals surface area (Å²) in [7, 11) is 0. The molecule has 3 rings (SSSR count). The molecule has 0 aromatic heterocycles. The van der Waals surface area contributed by atoms with Gasteiger partial charge in [0.2, 0.25) is 5.91 Å². The highest BCUT2D eigenvalue weighted by Gasteiger charge is 2.47. The first-order valence-electron chi connectivity index (χ1n) is 7.52. The number of carboxylic acid groups (broad SMARTS) is 1. The molecule has 1 saturated carbocycles. The number of hydrogen-bond acceptors (Lipinski definition) is 3. The van der Waals surface area contributed by atoms with Gasteiger partial charge in [0, 0.05) is 25.7 Å². The van der Waals surface area contributed by atoms with Crippen molar-refractivity contribution in [3.05, 3.63) is 12.2 Å². The second-order valence-corrected chi connectivity index (χ2v) is 6.43. The monoisotopic (exact) mass is 278 g/mol. The number of hydrogen-bond donors (Lipinski definition) is 2. The average Bonchev–Trinajstić information content (AvgIpc) is 2.92. The molecule has 3 aliphatic rings. The van der Waals surface area contributed by atoms with Crippen LogP contribution in [0.2, 0.25) is 0 Å². The lowest BCUT2D eigenvalue weighted by Crippen LogP contribution is -2.49. The molecule has 2 fully saturated rings. The van der Waals surface area contributed by atoms with Crippen LogP contribution in [0.1, 0.15) is 32.1 Å². The predicted octanol–water partition coefficient (Wildman–Crippen LogP) is 1.01. The third kappa shape index (κ3) is 2.59. The Kier molecular flexibility index (Phi) is 3.54. The van der Waals surface area contributed by atoms with Crippen LogP contribution in [0.25, 0.3) is 0 Å². The van der Waals surface area contributed by atoms with E-state index in [1.807, 2.05) is 0 Å². The molecule has 5 heteroatoms. The first kappa shape index (κ1) is 13.6. The van der Waals surface area contributed by atoms with Crippen molar-refractivity contribution < 1.29 is 14.7 Å². The highest BCUT2D eigenvalue weighted by Crippen LogP contribution is 2.34. The number of allylic oxidation sites excluding steroid dienone is 2. The van der Waals surface area contributed by atoms with Gasteiger partial charge in [-0.25, -0.2) is 0 Å². The summed E-state index contributed by atoms with van der Waals surface area (Å²) in [6, 6.07) is 0.109. The van der Waals surface area contributed by atoms with Crippen molar-refractivity contribution in [1.82, 2.24) is 10.2 Å². The number of aliphatic carboxylic acids is 1. The van der Waals surface area contributed by atoms with Crippen molar-refractivity contribution in [1.29, 1.82) is 0 Å². The molecule has 0 radical (unpaired) electrons. The van der Waals surface area contributed by atoms with Gasteiger partial charge < -0.3 is 15.3 Å². The zero-order chi connectivity index (χ0) is 14.2. The Bertz CT molecular complexity index is 434. The fraction of sp³-hybridized carbons (Fsp3) is 0.733. The summed E-state index contributed by atoms with van der Waals surface area (Å²) in [6.07, 6.45) is 7.81. The van der Waals surface area contributed by atoms with Gasteiger partial charge in [-0.2, -0.15) is 0 Å². The van der Waals surface area contributed by atoms with E-state index in [-0.39, 0.29) is 11.9 Å². The normalized spacial score (nSPS) is 28.7. The molecule has 1 atom stereocenters. The summed E-state index contributed by atoms with van der Waals surface area (Å²) < 4.78 is 0. The Hall–Kier alpha value is -1.36. The summed E-state index contributed by atoms with van der Waals surface area (Å²) in [4.78, 5) is 26.2. The van der Waals surface area contributed by atoms with Crippen LogP contribution in [-0.2, 0) is 9.59 Å². The first-order valence-corrected chi connectivity index (χ1v) is 7.52. The van der Waals surface area contributed by atoms with E-state index in [0.29, 0.717) is 12.8 Å². The minimum absolute atomic E-state index is 0.109. The fourth-order valence-electron chi connectivity index (χ4n) is 3.21. The fourth-order valence-corrected chi connectivity index (χ4v) is 3.21. The standard InChI is InChI=1S/C15H22N2O3/c18-13(15(14(19)20)6-1-2-7-15)16-12-5-8-17(10-12)9-11-3-4-11/h1-2,11-12H,3-10H2,(H,16,18)(H,19,20). The van der Waals surface area contributed by atoms with Gasteiger partial charge in [-0.15, -0.1) is 0 Å². The van der Waals surface area contributed by atoms with Crippen molar-refractivity contribution in [2.45, 2.75) is 38.1 Å². The predicted molar refractivity (Wildman–Crippen MR) is 74.2 cm³/mol. The summed E-state index contributed by atoms with van der Waals surface area (Å²) in [5.74, 6) is -0.463. The minimum Gasteiger partial charge on any atom is -0.480 e. The van der Waals surface area contributed by atoms with E-state index >= 15 is 0 Å². The Morgan fingerprint density at radius 3 is 2.55 bits per heavy atom. The van der Waals surface area contributed by atoms with E-state index < -0.39 is 11.4 Å². The molecule has 0 spiro atoms. The Balaban J connectivity index is 1.54. The summed E-state index contributed by atoms with van der Waals surface area (Å²) in [5, 5.41) is 12.3. The van der Waals surface area contributed by atoms with E-state index in [9.17, 15) is 14.7 Å². The first-order chi connectivity index (χ1) is 9.60. The molecule has 110 valence electrons. The lowest BCUT2D eigenvalue weighted by molar-refractivity contribution is -0.155. The van der Waals surface area contributed by atoms with E-state index in [1.165, 1.54) is 12.8 Å². The minimum atomic E-state index is -1.26. The van der Waals surface area contributed by atoms with E-state index in [4.69, 9.17) is 0 Å². The summed E-state index contributed by atoms with van der Waals surface area (Å²) >= 11 is 0. The number of carbonyl (C=O) groups is 2. The quantitative estimate of drug-likeness (QED) is 0.581. The highest BCUT2D eigenvalue weighted by molar-refractivity contribution is 6.02. The number of nitrogens with zero attached hydrogens (tertiary/aromatic N) is 1. The van der Waals surface area contributed by atoms with Crippen LogP contribution >= 0.6 is 0 Å². The van der Waals surface area contributed by atoms with Crippen molar-refractivity contribution in [2.24, 2.45) is 11.3 Å². The Labute approximate surface area is 119 Å². The van der Waals surface area contributed by atoms with E-state index in [2.05, 4.69) is 10.2 Å². The number of amides is 1. The molecule has 2 N–H and O–H groups in total. The molecule has 0 bridgehead atoms. The molecule has 2 aliphatic carbocycles. The van der Waals surface area contributed by atoms with Crippen LogP contribution in [0.5, 0.6) is 0 Å². The number of rotatable bonds is 5. The van der Waals surface area contributed by atoms with Crippen LogP contribution in [0, 0.1) is 11.3 Å². The highest BCUT2D eigenvalue weighted by atomic mass is 16.4.